The van der Waals surface area contributed by atoms with Gasteiger partial charge in [-0.1, -0.05) is 0 Å². The van der Waals surface area contributed by atoms with Crippen molar-refractivity contribution < 1.29 is 14.3 Å². The van der Waals surface area contributed by atoms with E-state index in [0.717, 1.165) is 19.4 Å². The Kier molecular flexibility index (Phi) is 4.74. The standard InChI is InChI=1S/C15H20N2O3/c1-2-17(10-13-4-3-9-20-13)15(19)12-7-5-11(6-8-12)14(16)18/h5-8,13H,2-4,9-10H2,1H3,(H2,16,18). The highest BCUT2D eigenvalue weighted by atomic mass is 16.5. The summed E-state index contributed by atoms with van der Waals surface area (Å²) in [4.78, 5) is 25.2. The van der Waals surface area contributed by atoms with Crippen molar-refractivity contribution in [1.29, 1.82) is 0 Å². The van der Waals surface area contributed by atoms with Gasteiger partial charge in [0.15, 0.2) is 0 Å². The molecule has 1 aliphatic heterocycles. The Morgan fingerprint density at radius 1 is 1.30 bits per heavy atom. The number of primary amides is 1. The fraction of sp³-hybridized carbons (Fsp3) is 0.467. The number of nitrogens with zero attached hydrogens (tertiary/aromatic N) is 1. The first-order chi connectivity index (χ1) is 9.61. The van der Waals surface area contributed by atoms with Crippen LogP contribution in [0.4, 0.5) is 0 Å². The van der Waals surface area contributed by atoms with E-state index in [4.69, 9.17) is 10.5 Å². The number of hydrogen-bond donors (Lipinski definition) is 1. The van der Waals surface area contributed by atoms with Crippen LogP contribution in [-0.2, 0) is 4.74 Å². The lowest BCUT2D eigenvalue weighted by Gasteiger charge is -2.24. The number of carbonyl (C=O) groups excluding carboxylic acids is 2. The van der Waals surface area contributed by atoms with Gasteiger partial charge < -0.3 is 15.4 Å². The molecular weight excluding hydrogens is 256 g/mol. The molecule has 20 heavy (non-hydrogen) atoms. The van der Waals surface area contributed by atoms with Gasteiger partial charge in [0, 0.05) is 30.8 Å². The monoisotopic (exact) mass is 276 g/mol. The van der Waals surface area contributed by atoms with E-state index >= 15 is 0 Å². The Bertz CT molecular complexity index is 478. The van der Waals surface area contributed by atoms with Crippen LogP contribution >= 0.6 is 0 Å². The van der Waals surface area contributed by atoms with Crippen molar-refractivity contribution in [3.8, 4) is 0 Å². The first kappa shape index (κ1) is 14.5. The lowest BCUT2D eigenvalue weighted by molar-refractivity contribution is 0.0539. The van der Waals surface area contributed by atoms with E-state index in [2.05, 4.69) is 0 Å². The Hall–Kier alpha value is -1.88. The zero-order chi connectivity index (χ0) is 14.5. The summed E-state index contributed by atoms with van der Waals surface area (Å²) in [5, 5.41) is 0. The van der Waals surface area contributed by atoms with Gasteiger partial charge in [0.2, 0.25) is 5.91 Å². The molecule has 2 rings (SSSR count). The number of likely N-dealkylation sites (N-methyl/N-ethyl adjacent to an activating group) is 1. The molecule has 0 radical (unpaired) electrons. The maximum atomic E-state index is 12.4. The predicted octanol–water partition coefficient (Wildman–Crippen LogP) is 1.43. The van der Waals surface area contributed by atoms with E-state index in [-0.39, 0.29) is 12.0 Å². The van der Waals surface area contributed by atoms with Gasteiger partial charge in [-0.05, 0) is 44.0 Å². The van der Waals surface area contributed by atoms with Crippen LogP contribution in [-0.4, -0.2) is 42.5 Å². The molecule has 1 aliphatic rings. The molecule has 1 aromatic carbocycles. The van der Waals surface area contributed by atoms with Crippen LogP contribution in [0.1, 0.15) is 40.5 Å². The fourth-order valence-electron chi connectivity index (χ4n) is 2.35. The number of hydrogen-bond acceptors (Lipinski definition) is 3. The third-order valence-electron chi connectivity index (χ3n) is 3.53. The molecule has 0 spiro atoms. The van der Waals surface area contributed by atoms with Gasteiger partial charge in [0.05, 0.1) is 6.10 Å². The molecule has 0 saturated carbocycles. The molecule has 5 nitrogen and oxygen atoms in total. The predicted molar refractivity (Wildman–Crippen MR) is 75.5 cm³/mol. The highest BCUT2D eigenvalue weighted by Gasteiger charge is 2.22. The smallest absolute Gasteiger partial charge is 0.253 e. The van der Waals surface area contributed by atoms with Gasteiger partial charge in [-0.15, -0.1) is 0 Å². The summed E-state index contributed by atoms with van der Waals surface area (Å²) in [5.74, 6) is -0.533. The quantitative estimate of drug-likeness (QED) is 0.884. The summed E-state index contributed by atoms with van der Waals surface area (Å²) in [6.45, 7) is 3.98. The highest BCUT2D eigenvalue weighted by Crippen LogP contribution is 2.15. The van der Waals surface area contributed by atoms with Gasteiger partial charge in [0.1, 0.15) is 0 Å². The number of rotatable bonds is 5. The first-order valence-corrected chi connectivity index (χ1v) is 6.92. The number of amides is 2. The highest BCUT2D eigenvalue weighted by molar-refractivity contribution is 5.97. The Morgan fingerprint density at radius 3 is 2.45 bits per heavy atom. The third kappa shape index (κ3) is 3.36. The average molecular weight is 276 g/mol. The Balaban J connectivity index is 2.05. The van der Waals surface area contributed by atoms with E-state index in [0.29, 0.717) is 24.2 Å². The Labute approximate surface area is 118 Å². The maximum absolute atomic E-state index is 12.4. The topological polar surface area (TPSA) is 72.6 Å². The van der Waals surface area contributed by atoms with Crippen molar-refractivity contribution in [2.45, 2.75) is 25.9 Å². The largest absolute Gasteiger partial charge is 0.376 e. The van der Waals surface area contributed by atoms with Crippen molar-refractivity contribution in [1.82, 2.24) is 4.90 Å². The summed E-state index contributed by atoms with van der Waals surface area (Å²) >= 11 is 0. The summed E-state index contributed by atoms with van der Waals surface area (Å²) in [5.41, 5.74) is 6.15. The van der Waals surface area contributed by atoms with Gasteiger partial charge in [-0.25, -0.2) is 0 Å². The molecule has 0 aromatic heterocycles. The number of nitrogens with two attached hydrogens (primary N) is 1. The molecule has 1 saturated heterocycles. The van der Waals surface area contributed by atoms with Crippen LogP contribution in [0, 0.1) is 0 Å². The van der Waals surface area contributed by atoms with Crippen molar-refractivity contribution in [2.75, 3.05) is 19.7 Å². The second-order valence-corrected chi connectivity index (χ2v) is 4.92. The summed E-state index contributed by atoms with van der Waals surface area (Å²) < 4.78 is 5.57. The molecule has 1 aromatic rings. The van der Waals surface area contributed by atoms with Crippen LogP contribution in [0.2, 0.25) is 0 Å². The van der Waals surface area contributed by atoms with Crippen molar-refractivity contribution in [3.63, 3.8) is 0 Å². The molecular formula is C15H20N2O3. The van der Waals surface area contributed by atoms with Gasteiger partial charge in [-0.2, -0.15) is 0 Å². The van der Waals surface area contributed by atoms with E-state index in [9.17, 15) is 9.59 Å². The summed E-state index contributed by atoms with van der Waals surface area (Å²) in [6.07, 6.45) is 2.21. The molecule has 2 N–H and O–H groups in total. The minimum Gasteiger partial charge on any atom is -0.376 e. The minimum atomic E-state index is -0.490. The second kappa shape index (κ2) is 6.52. The van der Waals surface area contributed by atoms with E-state index < -0.39 is 5.91 Å². The van der Waals surface area contributed by atoms with Crippen LogP contribution < -0.4 is 5.73 Å². The van der Waals surface area contributed by atoms with Gasteiger partial charge >= 0.3 is 0 Å². The summed E-state index contributed by atoms with van der Waals surface area (Å²) in [6, 6.07) is 6.44. The summed E-state index contributed by atoms with van der Waals surface area (Å²) in [7, 11) is 0. The first-order valence-electron chi connectivity index (χ1n) is 6.92. The van der Waals surface area contributed by atoms with Crippen LogP contribution in [0.3, 0.4) is 0 Å². The average Bonchev–Trinajstić information content (AvgIpc) is 2.97. The van der Waals surface area contributed by atoms with Crippen LogP contribution in [0.15, 0.2) is 24.3 Å². The normalized spacial score (nSPS) is 17.9. The lowest BCUT2D eigenvalue weighted by Crippen LogP contribution is -2.37. The van der Waals surface area contributed by atoms with Crippen LogP contribution in [0.5, 0.6) is 0 Å². The number of benzene rings is 1. The molecule has 0 bridgehead atoms. The van der Waals surface area contributed by atoms with Crippen molar-refractivity contribution in [2.24, 2.45) is 5.73 Å². The minimum absolute atomic E-state index is 0.0426. The zero-order valence-corrected chi connectivity index (χ0v) is 11.7. The van der Waals surface area contributed by atoms with Crippen molar-refractivity contribution >= 4 is 11.8 Å². The van der Waals surface area contributed by atoms with Crippen LogP contribution in [0.25, 0.3) is 0 Å². The van der Waals surface area contributed by atoms with Gasteiger partial charge in [0.25, 0.3) is 5.91 Å². The molecule has 1 unspecified atom stereocenters. The molecule has 108 valence electrons. The molecule has 5 heteroatoms. The van der Waals surface area contributed by atoms with Crippen molar-refractivity contribution in [3.05, 3.63) is 35.4 Å². The Morgan fingerprint density at radius 2 is 1.95 bits per heavy atom. The maximum Gasteiger partial charge on any atom is 0.253 e. The van der Waals surface area contributed by atoms with Gasteiger partial charge in [-0.3, -0.25) is 9.59 Å². The number of carbonyl (C=O) groups is 2. The SMILES string of the molecule is CCN(CC1CCCO1)C(=O)c1ccc(C(N)=O)cc1. The molecule has 0 aliphatic carbocycles. The molecule has 1 fully saturated rings. The fourth-order valence-corrected chi connectivity index (χ4v) is 2.35. The number of ether oxygens (including phenoxy) is 1. The molecule has 2 amide bonds. The molecule has 1 atom stereocenters. The third-order valence-corrected chi connectivity index (χ3v) is 3.53. The van der Waals surface area contributed by atoms with E-state index in [1.807, 2.05) is 6.92 Å². The van der Waals surface area contributed by atoms with E-state index in [1.54, 1.807) is 29.2 Å². The second-order valence-electron chi connectivity index (χ2n) is 4.92. The van der Waals surface area contributed by atoms with E-state index in [1.165, 1.54) is 0 Å². The lowest BCUT2D eigenvalue weighted by atomic mass is 10.1. The molecule has 1 heterocycles. The zero-order valence-electron chi connectivity index (χ0n) is 11.7.